The number of aromatic nitrogens is 8. The van der Waals surface area contributed by atoms with Crippen LogP contribution in [0.2, 0.25) is 0 Å². The maximum absolute atomic E-state index is 12.3. The Kier molecular flexibility index (Phi) is 13.1. The quantitative estimate of drug-likeness (QED) is 0.0787. The van der Waals surface area contributed by atoms with Gasteiger partial charge in [0.05, 0.1) is 56.2 Å². The van der Waals surface area contributed by atoms with Gasteiger partial charge in [0.2, 0.25) is 11.9 Å². The average Bonchev–Trinajstić information content (AvgIpc) is 4.10. The number of aryl methyl sites for hydroxylation is 6. The molecule has 316 valence electrons. The predicted molar refractivity (Wildman–Crippen MR) is 244 cm³/mol. The molecule has 6 aromatic rings. The van der Waals surface area contributed by atoms with Gasteiger partial charge in [0.1, 0.15) is 6.29 Å². The number of carbonyl (C=O) groups excluding carboxylic acids is 1. The first-order valence-electron chi connectivity index (χ1n) is 21.4. The van der Waals surface area contributed by atoms with Crippen molar-refractivity contribution in [2.75, 3.05) is 30.8 Å². The molecule has 1 unspecified atom stereocenters. The van der Waals surface area contributed by atoms with Gasteiger partial charge in [-0.1, -0.05) is 31.4 Å². The van der Waals surface area contributed by atoms with Gasteiger partial charge in [-0.3, -0.25) is 14.2 Å². The second-order valence-corrected chi connectivity index (χ2v) is 15.7. The molecule has 0 spiro atoms. The molecule has 4 aromatic heterocycles. The molecule has 0 bridgehead atoms. The van der Waals surface area contributed by atoms with Crippen LogP contribution in [0.5, 0.6) is 0 Å². The standard InChI is InChI=1S/C45H56N12O.CH5N/c1-7-56-40(21-29(3)51-56)31(5)47-44-49-38-25-33(27-46)23-35-13-15-37(53-17-9-10-18-53)16-14-36-24-34(28-58)26-39-43(36)55(20-12-11-19-54(44)42(35)38)45(50-39)48-32(6)41-22-30(4)52-57(41)8-2;1-2/h11-12,21-26,28,37H,5-10,13-20,27,46H2,1-4H3,(H,47,49)(H,48,50);2H2,1H3/b12-11+;. The van der Waals surface area contributed by atoms with Crippen LogP contribution in [0.4, 0.5) is 11.9 Å². The van der Waals surface area contributed by atoms with E-state index in [1.54, 1.807) is 0 Å². The number of benzene rings is 2. The number of rotatable bonds is 11. The first kappa shape index (κ1) is 42.3. The Balaban J connectivity index is 0.00000268. The number of likely N-dealkylation sites (tertiary alicyclic amines) is 1. The lowest BCUT2D eigenvalue weighted by Crippen LogP contribution is -2.33. The van der Waals surface area contributed by atoms with Gasteiger partial charge in [-0.15, -0.1) is 0 Å². The van der Waals surface area contributed by atoms with Crippen molar-refractivity contribution in [3.63, 3.8) is 0 Å². The molecule has 1 fully saturated rings. The van der Waals surface area contributed by atoms with Crippen LogP contribution in [0.1, 0.15) is 89.4 Å². The lowest BCUT2D eigenvalue weighted by atomic mass is 9.95. The van der Waals surface area contributed by atoms with Crippen LogP contribution < -0.4 is 22.1 Å². The van der Waals surface area contributed by atoms with Crippen molar-refractivity contribution in [3.8, 4) is 0 Å². The summed E-state index contributed by atoms with van der Waals surface area (Å²) in [5.41, 5.74) is 23.9. The van der Waals surface area contributed by atoms with E-state index in [4.69, 9.17) is 15.7 Å². The second kappa shape index (κ2) is 18.6. The summed E-state index contributed by atoms with van der Waals surface area (Å²) in [4.78, 5) is 25.4. The number of aldehydes is 1. The number of hydrogen-bond donors (Lipinski definition) is 4. The largest absolute Gasteiger partial charge is 0.333 e. The van der Waals surface area contributed by atoms with E-state index in [2.05, 4.69) is 104 Å². The van der Waals surface area contributed by atoms with Crippen LogP contribution >= 0.6 is 0 Å². The summed E-state index contributed by atoms with van der Waals surface area (Å²) in [6.45, 7) is 22.2. The summed E-state index contributed by atoms with van der Waals surface area (Å²) in [5, 5.41) is 16.5. The zero-order chi connectivity index (χ0) is 42.5. The van der Waals surface area contributed by atoms with Gasteiger partial charge in [0, 0.05) is 44.3 Å². The summed E-state index contributed by atoms with van der Waals surface area (Å²) in [6, 6.07) is 12.8. The molecule has 0 radical (unpaired) electrons. The summed E-state index contributed by atoms with van der Waals surface area (Å²) >= 11 is 0. The zero-order valence-electron chi connectivity index (χ0n) is 36.0. The molecule has 0 amide bonds. The van der Waals surface area contributed by atoms with E-state index in [1.807, 2.05) is 35.3 Å². The Labute approximate surface area is 353 Å². The Morgan fingerprint density at radius 2 is 1.27 bits per heavy atom. The van der Waals surface area contributed by atoms with Crippen molar-refractivity contribution in [3.05, 3.63) is 107 Å². The van der Waals surface area contributed by atoms with E-state index in [-0.39, 0.29) is 0 Å². The highest BCUT2D eigenvalue weighted by molar-refractivity contribution is 5.90. The molecular formula is C46H61N13O. The van der Waals surface area contributed by atoms with E-state index >= 15 is 0 Å². The molecule has 0 aliphatic carbocycles. The van der Waals surface area contributed by atoms with Crippen LogP contribution in [0.25, 0.3) is 33.5 Å². The van der Waals surface area contributed by atoms with Crippen LogP contribution in [-0.4, -0.2) is 76.0 Å². The highest BCUT2D eigenvalue weighted by Gasteiger charge is 2.25. The van der Waals surface area contributed by atoms with E-state index < -0.39 is 0 Å². The number of hydrogen-bond acceptors (Lipinski definition) is 10. The molecule has 1 saturated heterocycles. The van der Waals surface area contributed by atoms with E-state index in [1.165, 1.54) is 25.5 Å². The Morgan fingerprint density at radius 3 is 1.75 bits per heavy atom. The van der Waals surface area contributed by atoms with Gasteiger partial charge < -0.3 is 36.1 Å². The molecule has 14 nitrogen and oxygen atoms in total. The second-order valence-electron chi connectivity index (χ2n) is 15.7. The average molecular weight is 812 g/mol. The Morgan fingerprint density at radius 1 is 0.767 bits per heavy atom. The number of nitrogens with zero attached hydrogens (tertiary/aromatic N) is 9. The van der Waals surface area contributed by atoms with Crippen molar-refractivity contribution < 1.29 is 4.79 Å². The van der Waals surface area contributed by atoms with Crippen LogP contribution in [0, 0.1) is 13.8 Å². The minimum atomic E-state index is 0.356. The third-order valence-corrected chi connectivity index (χ3v) is 11.7. The Bertz CT molecular complexity index is 2540. The number of imidazole rings is 2. The monoisotopic (exact) mass is 812 g/mol. The summed E-state index contributed by atoms with van der Waals surface area (Å²) < 4.78 is 8.42. The first-order chi connectivity index (χ1) is 29.2. The van der Waals surface area contributed by atoms with Crippen molar-refractivity contribution in [2.24, 2.45) is 11.5 Å². The van der Waals surface area contributed by atoms with Gasteiger partial charge in [-0.2, -0.15) is 10.2 Å². The number of nitrogens with two attached hydrogens (primary N) is 2. The normalized spacial score (nSPS) is 16.6. The van der Waals surface area contributed by atoms with E-state index in [0.29, 0.717) is 42.9 Å². The zero-order valence-corrected chi connectivity index (χ0v) is 36.0. The number of allylic oxidation sites excluding steroid dienone is 2. The molecule has 60 heavy (non-hydrogen) atoms. The van der Waals surface area contributed by atoms with Gasteiger partial charge in [0.25, 0.3) is 0 Å². The molecule has 0 saturated carbocycles. The van der Waals surface area contributed by atoms with Crippen molar-refractivity contribution in [1.82, 2.24) is 43.6 Å². The van der Waals surface area contributed by atoms with Crippen molar-refractivity contribution in [2.45, 2.75) is 105 Å². The third-order valence-electron chi connectivity index (χ3n) is 11.7. The highest BCUT2D eigenvalue weighted by Crippen LogP contribution is 2.33. The van der Waals surface area contributed by atoms with E-state index in [0.717, 1.165) is 126 Å². The molecule has 14 heteroatoms. The third kappa shape index (κ3) is 8.58. The van der Waals surface area contributed by atoms with Crippen LogP contribution in [0.3, 0.4) is 0 Å². The minimum absolute atomic E-state index is 0.356. The van der Waals surface area contributed by atoms with Crippen molar-refractivity contribution in [1.29, 1.82) is 0 Å². The lowest BCUT2D eigenvalue weighted by Gasteiger charge is -2.28. The fourth-order valence-electron chi connectivity index (χ4n) is 8.99. The van der Waals surface area contributed by atoms with E-state index in [9.17, 15) is 4.79 Å². The molecule has 8 rings (SSSR count). The van der Waals surface area contributed by atoms with Gasteiger partial charge >= 0.3 is 0 Å². The number of carbonyl (C=O) groups is 1. The maximum atomic E-state index is 12.3. The summed E-state index contributed by atoms with van der Waals surface area (Å²) in [5.74, 6) is 1.39. The minimum Gasteiger partial charge on any atom is -0.333 e. The number of anilines is 2. The Hall–Kier alpha value is -5.83. The first-order valence-corrected chi connectivity index (χ1v) is 21.4. The van der Waals surface area contributed by atoms with Crippen LogP contribution in [0.15, 0.2) is 61.7 Å². The maximum Gasteiger partial charge on any atom is 0.208 e. The van der Waals surface area contributed by atoms with Gasteiger partial charge in [0.15, 0.2) is 0 Å². The van der Waals surface area contributed by atoms with Crippen LogP contribution in [-0.2, 0) is 45.6 Å². The number of nitrogens with one attached hydrogen (secondary N) is 2. The fraction of sp³-hybridized carbons (Fsp3) is 0.413. The smallest absolute Gasteiger partial charge is 0.208 e. The molecule has 2 aliphatic rings. The molecule has 1 atom stereocenters. The summed E-state index contributed by atoms with van der Waals surface area (Å²) in [7, 11) is 1.50. The molecule has 6 N–H and O–H groups in total. The van der Waals surface area contributed by atoms with Gasteiger partial charge in [-0.25, -0.2) is 9.97 Å². The fourth-order valence-corrected chi connectivity index (χ4v) is 8.99. The van der Waals surface area contributed by atoms with Crippen molar-refractivity contribution >= 4 is 51.6 Å². The highest BCUT2D eigenvalue weighted by atomic mass is 16.1. The predicted octanol–water partition coefficient (Wildman–Crippen LogP) is 7.05. The SMILES string of the molecule is C=C(Nc1nc2cc(C=O)cc3c2n1C/C=C/Cn1c(NC(=C)c2cc(C)nn2CC)nc2cc(CN)cc(c21)CCC(N1CCCC1)CC3)c1cc(C)nn1CC.CN. The molecule has 6 heterocycles. The summed E-state index contributed by atoms with van der Waals surface area (Å²) in [6.07, 6.45) is 11.4. The molecular weight excluding hydrogens is 751 g/mol. The van der Waals surface area contributed by atoms with Gasteiger partial charge in [-0.05, 0) is 133 Å². The molecule has 2 aliphatic heterocycles. The molecule has 2 aromatic carbocycles. The lowest BCUT2D eigenvalue weighted by molar-refractivity contribution is 0.112. The topological polar surface area (TPSA) is 168 Å².